The van der Waals surface area contributed by atoms with Gasteiger partial charge in [-0.15, -0.1) is 0 Å². The van der Waals surface area contributed by atoms with Crippen molar-refractivity contribution in [2.24, 2.45) is 16.6 Å². The van der Waals surface area contributed by atoms with E-state index in [2.05, 4.69) is 52.0 Å². The van der Waals surface area contributed by atoms with Gasteiger partial charge in [0.15, 0.2) is 0 Å². The van der Waals surface area contributed by atoms with Crippen LogP contribution in [-0.4, -0.2) is 17.8 Å². The second kappa shape index (κ2) is 6.10. The van der Waals surface area contributed by atoms with E-state index in [4.69, 9.17) is 5.73 Å². The number of rotatable bonds is 4. The van der Waals surface area contributed by atoms with Crippen LogP contribution in [0, 0.1) is 10.8 Å². The highest BCUT2D eigenvalue weighted by molar-refractivity contribution is 5.26. The number of aliphatic hydroxyl groups is 1. The molecule has 1 aliphatic rings. The van der Waals surface area contributed by atoms with Crippen LogP contribution in [0.15, 0.2) is 24.3 Å². The van der Waals surface area contributed by atoms with Crippen LogP contribution in [0.3, 0.4) is 0 Å². The Morgan fingerprint density at radius 1 is 1.19 bits per heavy atom. The van der Waals surface area contributed by atoms with Gasteiger partial charge >= 0.3 is 0 Å². The summed E-state index contributed by atoms with van der Waals surface area (Å²) in [6, 6.07) is 8.84. The van der Waals surface area contributed by atoms with E-state index < -0.39 is 0 Å². The van der Waals surface area contributed by atoms with Crippen molar-refractivity contribution in [1.82, 2.24) is 0 Å². The van der Waals surface area contributed by atoms with Gasteiger partial charge in [-0.05, 0) is 41.7 Å². The van der Waals surface area contributed by atoms with Gasteiger partial charge in [-0.25, -0.2) is 0 Å². The van der Waals surface area contributed by atoms with E-state index in [1.165, 1.54) is 11.1 Å². The molecule has 0 heterocycles. The molecule has 1 aliphatic carbocycles. The smallest absolute Gasteiger partial charge is 0.0662 e. The Labute approximate surface area is 129 Å². The average Bonchev–Trinajstić information content (AvgIpc) is 2.44. The fourth-order valence-corrected chi connectivity index (χ4v) is 3.90. The topological polar surface area (TPSA) is 46.2 Å². The van der Waals surface area contributed by atoms with Crippen molar-refractivity contribution >= 4 is 0 Å². The lowest BCUT2D eigenvalue weighted by Gasteiger charge is -2.49. The second-order valence-electron chi connectivity index (χ2n) is 7.88. The second-order valence-corrected chi connectivity index (χ2v) is 7.88. The molecule has 2 nitrogen and oxygen atoms in total. The van der Waals surface area contributed by atoms with Crippen molar-refractivity contribution in [3.63, 3.8) is 0 Å². The summed E-state index contributed by atoms with van der Waals surface area (Å²) in [7, 11) is 0. The van der Waals surface area contributed by atoms with Crippen molar-refractivity contribution in [3.05, 3.63) is 35.4 Å². The van der Waals surface area contributed by atoms with E-state index in [9.17, 15) is 5.11 Å². The minimum Gasteiger partial charge on any atom is -0.392 e. The van der Waals surface area contributed by atoms with E-state index in [0.717, 1.165) is 25.7 Å². The van der Waals surface area contributed by atoms with Crippen LogP contribution in [0.2, 0.25) is 0 Å². The summed E-state index contributed by atoms with van der Waals surface area (Å²) < 4.78 is 0. The summed E-state index contributed by atoms with van der Waals surface area (Å²) in [5.41, 5.74) is 8.58. The summed E-state index contributed by atoms with van der Waals surface area (Å²) in [6.45, 7) is 9.32. The first-order valence-corrected chi connectivity index (χ1v) is 8.28. The largest absolute Gasteiger partial charge is 0.392 e. The third-order valence-electron chi connectivity index (χ3n) is 5.43. The summed E-state index contributed by atoms with van der Waals surface area (Å²) in [6.07, 6.45) is 3.83. The van der Waals surface area contributed by atoms with Gasteiger partial charge in [0.1, 0.15) is 0 Å². The fraction of sp³-hybridized carbons (Fsp3) is 0.684. The molecule has 1 aromatic rings. The maximum Gasteiger partial charge on any atom is 0.0662 e. The zero-order chi connectivity index (χ0) is 15.7. The van der Waals surface area contributed by atoms with Crippen molar-refractivity contribution < 1.29 is 5.11 Å². The average molecular weight is 289 g/mol. The van der Waals surface area contributed by atoms with Crippen LogP contribution in [0.1, 0.15) is 64.0 Å². The van der Waals surface area contributed by atoms with Crippen LogP contribution in [-0.2, 0) is 6.42 Å². The lowest BCUT2D eigenvalue weighted by molar-refractivity contribution is -0.0884. The lowest BCUT2D eigenvalue weighted by Crippen LogP contribution is -2.53. The van der Waals surface area contributed by atoms with E-state index in [0.29, 0.717) is 12.5 Å². The molecule has 0 aliphatic heterocycles. The van der Waals surface area contributed by atoms with Gasteiger partial charge in [0.2, 0.25) is 0 Å². The Hall–Kier alpha value is -0.860. The summed E-state index contributed by atoms with van der Waals surface area (Å²) in [5, 5.41) is 10.9. The van der Waals surface area contributed by atoms with Crippen LogP contribution in [0.25, 0.3) is 0 Å². The van der Waals surface area contributed by atoms with E-state index >= 15 is 0 Å². The van der Waals surface area contributed by atoms with Crippen molar-refractivity contribution in [1.29, 1.82) is 0 Å². The molecule has 2 heteroatoms. The SMILES string of the molecule is CC(C)c1ccc(CC2(CN)CCCC(C)(C)C2O)cc1. The van der Waals surface area contributed by atoms with Gasteiger partial charge < -0.3 is 10.8 Å². The van der Waals surface area contributed by atoms with E-state index in [1.54, 1.807) is 0 Å². The Morgan fingerprint density at radius 2 is 1.81 bits per heavy atom. The molecule has 0 radical (unpaired) electrons. The number of benzene rings is 1. The van der Waals surface area contributed by atoms with E-state index in [-0.39, 0.29) is 16.9 Å². The summed E-state index contributed by atoms with van der Waals surface area (Å²) >= 11 is 0. The number of hydrogen-bond donors (Lipinski definition) is 2. The van der Waals surface area contributed by atoms with Crippen LogP contribution in [0.4, 0.5) is 0 Å². The van der Waals surface area contributed by atoms with Crippen molar-refractivity contribution in [3.8, 4) is 0 Å². The van der Waals surface area contributed by atoms with Gasteiger partial charge in [0, 0.05) is 12.0 Å². The quantitative estimate of drug-likeness (QED) is 0.884. The molecule has 118 valence electrons. The number of hydrogen-bond acceptors (Lipinski definition) is 2. The Kier molecular flexibility index (Phi) is 4.79. The molecule has 2 unspecified atom stereocenters. The lowest BCUT2D eigenvalue weighted by atomic mass is 9.59. The zero-order valence-electron chi connectivity index (χ0n) is 14.0. The van der Waals surface area contributed by atoms with Gasteiger partial charge in [0.05, 0.1) is 6.10 Å². The summed E-state index contributed by atoms with van der Waals surface area (Å²) in [5.74, 6) is 0.557. The van der Waals surface area contributed by atoms with Crippen LogP contribution in [0.5, 0.6) is 0 Å². The number of aliphatic hydroxyl groups excluding tert-OH is 1. The first-order valence-electron chi connectivity index (χ1n) is 8.28. The molecule has 2 atom stereocenters. The minimum absolute atomic E-state index is 0.0322. The molecule has 1 aromatic carbocycles. The van der Waals surface area contributed by atoms with Gasteiger partial charge in [-0.3, -0.25) is 0 Å². The zero-order valence-corrected chi connectivity index (χ0v) is 14.0. The predicted octanol–water partition coefficient (Wildman–Crippen LogP) is 3.87. The molecule has 0 aromatic heterocycles. The Balaban J connectivity index is 2.21. The number of nitrogens with two attached hydrogens (primary N) is 1. The van der Waals surface area contributed by atoms with Gasteiger partial charge in [-0.2, -0.15) is 0 Å². The highest BCUT2D eigenvalue weighted by Crippen LogP contribution is 2.47. The maximum atomic E-state index is 10.9. The first kappa shape index (κ1) is 16.5. The molecule has 0 spiro atoms. The minimum atomic E-state index is -0.325. The molecule has 2 rings (SSSR count). The van der Waals surface area contributed by atoms with Crippen LogP contribution < -0.4 is 5.73 Å². The predicted molar refractivity (Wildman–Crippen MR) is 89.4 cm³/mol. The van der Waals surface area contributed by atoms with Gasteiger partial charge in [0.25, 0.3) is 0 Å². The molecule has 0 bridgehead atoms. The Morgan fingerprint density at radius 3 is 2.33 bits per heavy atom. The third-order valence-corrected chi connectivity index (χ3v) is 5.43. The highest BCUT2D eigenvalue weighted by Gasteiger charge is 2.47. The molecule has 0 amide bonds. The molecule has 1 saturated carbocycles. The van der Waals surface area contributed by atoms with Crippen molar-refractivity contribution in [2.45, 2.75) is 65.4 Å². The fourth-order valence-electron chi connectivity index (χ4n) is 3.90. The molecule has 1 fully saturated rings. The standard InChI is InChI=1S/C19H31NO/c1-14(2)16-8-6-15(7-9-16)12-19(13-20)11-5-10-18(3,4)17(19)21/h6-9,14,17,21H,5,10-13,20H2,1-4H3. The van der Waals surface area contributed by atoms with E-state index in [1.807, 2.05) is 0 Å². The molecular weight excluding hydrogens is 258 g/mol. The monoisotopic (exact) mass is 289 g/mol. The van der Waals surface area contributed by atoms with Crippen LogP contribution >= 0.6 is 0 Å². The molecule has 3 N–H and O–H groups in total. The van der Waals surface area contributed by atoms with Gasteiger partial charge in [-0.1, -0.05) is 58.4 Å². The molecular formula is C19H31NO. The Bertz CT molecular complexity index is 463. The van der Waals surface area contributed by atoms with Crippen molar-refractivity contribution in [2.75, 3.05) is 6.54 Å². The molecule has 0 saturated heterocycles. The first-order chi connectivity index (χ1) is 9.81. The normalized spacial score (nSPS) is 28.8. The summed E-state index contributed by atoms with van der Waals surface area (Å²) in [4.78, 5) is 0. The third kappa shape index (κ3) is 3.32. The highest BCUT2D eigenvalue weighted by atomic mass is 16.3. The molecule has 21 heavy (non-hydrogen) atoms. The maximum absolute atomic E-state index is 10.9.